The molecule has 0 saturated carbocycles. The number of para-hydroxylation sites is 1. The first-order valence-electron chi connectivity index (χ1n) is 9.07. The van der Waals surface area contributed by atoms with Gasteiger partial charge < -0.3 is 14.7 Å². The largest absolute Gasteiger partial charge is 0.488 e. The zero-order valence-electron chi connectivity index (χ0n) is 15.4. The number of fused-ring (bicyclic) bond motifs is 1. The van der Waals surface area contributed by atoms with Gasteiger partial charge in [0, 0.05) is 12.6 Å². The highest BCUT2D eigenvalue weighted by molar-refractivity contribution is 5.93. The minimum absolute atomic E-state index is 0.0236. The molecule has 1 saturated heterocycles. The van der Waals surface area contributed by atoms with Crippen LogP contribution in [-0.4, -0.2) is 57.0 Å². The maximum Gasteiger partial charge on any atom is 0.354 e. The first-order chi connectivity index (χ1) is 13.0. The van der Waals surface area contributed by atoms with Crippen LogP contribution >= 0.6 is 0 Å². The molecule has 1 aliphatic rings. The van der Waals surface area contributed by atoms with Crippen molar-refractivity contribution in [3.05, 3.63) is 47.8 Å². The van der Waals surface area contributed by atoms with Crippen molar-refractivity contribution in [1.82, 2.24) is 19.7 Å². The van der Waals surface area contributed by atoms with E-state index in [1.54, 1.807) is 4.68 Å². The van der Waals surface area contributed by atoms with Gasteiger partial charge in [0.25, 0.3) is 0 Å². The molecule has 1 atom stereocenters. The Morgan fingerprint density at radius 2 is 2.07 bits per heavy atom. The van der Waals surface area contributed by atoms with Crippen molar-refractivity contribution >= 4 is 17.0 Å². The van der Waals surface area contributed by atoms with Crippen LogP contribution in [0.2, 0.25) is 0 Å². The molecule has 3 aromatic rings. The SMILES string of the molecule is Cc1nn(-c2ccccc2)c2nc(C(=O)O)cc(O[C@@H]3CCCN(C)C3)c12. The van der Waals surface area contributed by atoms with Gasteiger partial charge in [-0.25, -0.2) is 14.5 Å². The number of nitrogens with zero attached hydrogens (tertiary/aromatic N) is 4. The first kappa shape index (κ1) is 17.5. The lowest BCUT2D eigenvalue weighted by Gasteiger charge is -2.30. The second-order valence-corrected chi connectivity index (χ2v) is 6.99. The number of aromatic nitrogens is 3. The third kappa shape index (κ3) is 3.38. The van der Waals surface area contributed by atoms with Crippen LogP contribution in [0.5, 0.6) is 5.75 Å². The van der Waals surface area contributed by atoms with E-state index in [0.29, 0.717) is 11.4 Å². The molecule has 27 heavy (non-hydrogen) atoms. The van der Waals surface area contributed by atoms with Gasteiger partial charge in [-0.15, -0.1) is 0 Å². The molecule has 0 amide bonds. The first-order valence-corrected chi connectivity index (χ1v) is 9.07. The Morgan fingerprint density at radius 3 is 2.78 bits per heavy atom. The summed E-state index contributed by atoms with van der Waals surface area (Å²) in [5.74, 6) is -0.543. The van der Waals surface area contributed by atoms with Crippen molar-refractivity contribution in [3.63, 3.8) is 0 Å². The standard InChI is InChI=1S/C20H22N4O3/c1-13-18-17(27-15-9-6-10-23(2)12-15)11-16(20(25)26)21-19(18)24(22-13)14-7-4-3-5-8-14/h3-5,7-8,11,15H,6,9-10,12H2,1-2H3,(H,25,26)/t15-/m1/s1. The van der Waals surface area contributed by atoms with Crippen LogP contribution < -0.4 is 4.74 Å². The van der Waals surface area contributed by atoms with Gasteiger partial charge in [-0.2, -0.15) is 5.10 Å². The molecule has 1 aliphatic heterocycles. The molecule has 7 heteroatoms. The third-order valence-corrected chi connectivity index (χ3v) is 4.87. The Hall–Kier alpha value is -2.93. The number of ether oxygens (including phenoxy) is 1. The van der Waals surface area contributed by atoms with Crippen molar-refractivity contribution < 1.29 is 14.6 Å². The highest BCUT2D eigenvalue weighted by Crippen LogP contribution is 2.32. The molecular weight excluding hydrogens is 344 g/mol. The van der Waals surface area contributed by atoms with Crippen LogP contribution in [0, 0.1) is 6.92 Å². The lowest BCUT2D eigenvalue weighted by Crippen LogP contribution is -2.38. The monoisotopic (exact) mass is 366 g/mol. The summed E-state index contributed by atoms with van der Waals surface area (Å²) < 4.78 is 7.94. The fraction of sp³-hybridized carbons (Fsp3) is 0.350. The maximum atomic E-state index is 11.6. The van der Waals surface area contributed by atoms with Crippen molar-refractivity contribution in [2.24, 2.45) is 0 Å². The van der Waals surface area contributed by atoms with E-state index in [9.17, 15) is 9.90 Å². The number of benzene rings is 1. The number of likely N-dealkylation sites (N-methyl/N-ethyl adjacent to an activating group) is 1. The quantitative estimate of drug-likeness (QED) is 0.765. The van der Waals surface area contributed by atoms with Gasteiger partial charge in [0.2, 0.25) is 0 Å². The fourth-order valence-electron chi connectivity index (χ4n) is 3.60. The van der Waals surface area contributed by atoms with Crippen molar-refractivity contribution in [2.45, 2.75) is 25.9 Å². The second-order valence-electron chi connectivity index (χ2n) is 6.99. The van der Waals surface area contributed by atoms with Crippen LogP contribution in [0.4, 0.5) is 0 Å². The van der Waals surface area contributed by atoms with Crippen LogP contribution in [0.3, 0.4) is 0 Å². The predicted molar refractivity (Wildman–Crippen MR) is 102 cm³/mol. The summed E-state index contributed by atoms with van der Waals surface area (Å²) >= 11 is 0. The van der Waals surface area contributed by atoms with Gasteiger partial charge >= 0.3 is 5.97 Å². The molecule has 7 nitrogen and oxygen atoms in total. The van der Waals surface area contributed by atoms with Crippen LogP contribution in [0.25, 0.3) is 16.7 Å². The lowest BCUT2D eigenvalue weighted by atomic mass is 10.1. The van der Waals surface area contributed by atoms with Gasteiger partial charge in [0.15, 0.2) is 11.3 Å². The normalized spacial score (nSPS) is 17.9. The number of aromatic carboxylic acids is 1. The zero-order chi connectivity index (χ0) is 19.0. The predicted octanol–water partition coefficient (Wildman–Crippen LogP) is 2.90. The molecule has 1 aromatic carbocycles. The van der Waals surface area contributed by atoms with Gasteiger partial charge in [-0.1, -0.05) is 18.2 Å². The van der Waals surface area contributed by atoms with E-state index in [2.05, 4.69) is 22.0 Å². The average molecular weight is 366 g/mol. The van der Waals surface area contributed by atoms with Crippen molar-refractivity contribution in [3.8, 4) is 11.4 Å². The maximum absolute atomic E-state index is 11.6. The van der Waals surface area contributed by atoms with Gasteiger partial charge in [0.1, 0.15) is 11.9 Å². The smallest absolute Gasteiger partial charge is 0.354 e. The van der Waals surface area contributed by atoms with Crippen LogP contribution in [0.1, 0.15) is 29.0 Å². The number of piperidine rings is 1. The summed E-state index contributed by atoms with van der Waals surface area (Å²) in [4.78, 5) is 18.2. The number of hydrogen-bond acceptors (Lipinski definition) is 5. The zero-order valence-corrected chi connectivity index (χ0v) is 15.4. The summed E-state index contributed by atoms with van der Waals surface area (Å²) in [5, 5.41) is 14.9. The third-order valence-electron chi connectivity index (χ3n) is 4.87. The number of rotatable bonds is 4. The molecule has 0 radical (unpaired) electrons. The Morgan fingerprint density at radius 1 is 1.30 bits per heavy atom. The van der Waals surface area contributed by atoms with E-state index in [1.165, 1.54) is 6.07 Å². The second kappa shape index (κ2) is 7.00. The summed E-state index contributed by atoms with van der Waals surface area (Å²) in [6, 6.07) is 11.1. The molecular formula is C20H22N4O3. The fourth-order valence-corrected chi connectivity index (χ4v) is 3.60. The van der Waals surface area contributed by atoms with Crippen LogP contribution in [-0.2, 0) is 0 Å². The molecule has 140 valence electrons. The molecule has 0 aliphatic carbocycles. The van der Waals surface area contributed by atoms with E-state index in [-0.39, 0.29) is 11.8 Å². The number of pyridine rings is 1. The van der Waals surface area contributed by atoms with E-state index >= 15 is 0 Å². The minimum atomic E-state index is -1.08. The number of carboxylic acid groups (broad SMARTS) is 1. The minimum Gasteiger partial charge on any atom is -0.488 e. The van der Waals surface area contributed by atoms with Gasteiger partial charge in [-0.05, 0) is 45.5 Å². The Kier molecular flexibility index (Phi) is 4.53. The molecule has 0 unspecified atom stereocenters. The molecule has 1 fully saturated rings. The van der Waals surface area contributed by atoms with E-state index in [0.717, 1.165) is 42.7 Å². The number of hydrogen-bond donors (Lipinski definition) is 1. The van der Waals surface area contributed by atoms with E-state index < -0.39 is 5.97 Å². The molecule has 2 aromatic heterocycles. The summed E-state index contributed by atoms with van der Waals surface area (Å²) in [6.45, 7) is 3.76. The van der Waals surface area contributed by atoms with Crippen LogP contribution in [0.15, 0.2) is 36.4 Å². The molecule has 0 bridgehead atoms. The van der Waals surface area contributed by atoms with Gasteiger partial charge in [0.05, 0.1) is 16.8 Å². The number of likely N-dealkylation sites (tertiary alicyclic amines) is 1. The highest BCUT2D eigenvalue weighted by Gasteiger charge is 2.24. The Bertz CT molecular complexity index is 984. The topological polar surface area (TPSA) is 80.5 Å². The van der Waals surface area contributed by atoms with Gasteiger partial charge in [-0.3, -0.25) is 0 Å². The Balaban J connectivity index is 1.85. The number of aryl methyl sites for hydroxylation is 1. The molecule has 0 spiro atoms. The summed E-state index contributed by atoms with van der Waals surface area (Å²) in [7, 11) is 2.07. The molecule has 1 N–H and O–H groups in total. The average Bonchev–Trinajstić information content (AvgIpc) is 2.99. The van der Waals surface area contributed by atoms with E-state index in [4.69, 9.17) is 4.74 Å². The van der Waals surface area contributed by atoms with Crippen molar-refractivity contribution in [1.29, 1.82) is 0 Å². The molecule has 3 heterocycles. The lowest BCUT2D eigenvalue weighted by molar-refractivity contribution is 0.0688. The summed E-state index contributed by atoms with van der Waals surface area (Å²) in [6.07, 6.45) is 2.03. The van der Waals surface area contributed by atoms with E-state index in [1.807, 2.05) is 37.3 Å². The number of carbonyl (C=O) groups is 1. The Labute approximate surface area is 157 Å². The summed E-state index contributed by atoms with van der Waals surface area (Å²) in [5.41, 5.74) is 2.04. The highest BCUT2D eigenvalue weighted by atomic mass is 16.5. The van der Waals surface area contributed by atoms with Crippen molar-refractivity contribution in [2.75, 3.05) is 20.1 Å². The molecule has 4 rings (SSSR count). The number of carboxylic acids is 1.